The fourth-order valence-corrected chi connectivity index (χ4v) is 2.98. The highest BCUT2D eigenvalue weighted by Crippen LogP contribution is 2.15. The lowest BCUT2D eigenvalue weighted by molar-refractivity contribution is 0.306. The Hall–Kier alpha value is -2.29. The minimum absolute atomic E-state index is 0. The van der Waals surface area contributed by atoms with E-state index in [1.807, 2.05) is 0 Å². The molecule has 0 aromatic heterocycles. The summed E-state index contributed by atoms with van der Waals surface area (Å²) in [5.74, 6) is 0.913. The van der Waals surface area contributed by atoms with Crippen LogP contribution in [0.2, 0.25) is 0 Å². The molecule has 3 aromatic carbocycles. The van der Waals surface area contributed by atoms with Gasteiger partial charge in [0.1, 0.15) is 12.4 Å². The Bertz CT molecular complexity index is 800. The lowest BCUT2D eigenvalue weighted by atomic mass is 10.1. The molecule has 3 aromatic rings. The van der Waals surface area contributed by atoms with E-state index in [9.17, 15) is 0 Å². The van der Waals surface area contributed by atoms with Gasteiger partial charge in [0.15, 0.2) is 0 Å². The molecule has 148 valence electrons. The van der Waals surface area contributed by atoms with Crippen molar-refractivity contribution in [1.82, 2.24) is 5.32 Å². The summed E-state index contributed by atoms with van der Waals surface area (Å²) in [6.45, 7) is 5.84. The van der Waals surface area contributed by atoms with Crippen LogP contribution in [0.25, 0.3) is 0 Å². The molecule has 28 heavy (non-hydrogen) atoms. The van der Waals surface area contributed by atoms with Gasteiger partial charge in [-0.15, -0.1) is 12.4 Å². The summed E-state index contributed by atoms with van der Waals surface area (Å²) in [5, 5.41) is 3.61. The zero-order valence-corrected chi connectivity index (χ0v) is 17.5. The monoisotopic (exact) mass is 395 g/mol. The van der Waals surface area contributed by atoms with E-state index >= 15 is 0 Å². The maximum Gasteiger partial charge on any atom is 0.119 e. The number of halogens is 1. The van der Waals surface area contributed by atoms with Crippen molar-refractivity contribution >= 4 is 12.4 Å². The second kappa shape index (κ2) is 11.5. The molecule has 0 bridgehead atoms. The van der Waals surface area contributed by atoms with Crippen molar-refractivity contribution in [2.24, 2.45) is 0 Å². The molecular formula is C25H30ClNO. The summed E-state index contributed by atoms with van der Waals surface area (Å²) in [5.41, 5.74) is 5.15. The van der Waals surface area contributed by atoms with E-state index in [1.165, 1.54) is 22.3 Å². The molecule has 0 radical (unpaired) electrons. The van der Waals surface area contributed by atoms with Crippen LogP contribution in [-0.2, 0) is 19.6 Å². The third-order valence-electron chi connectivity index (χ3n) is 4.81. The Labute approximate surface area is 175 Å². The van der Waals surface area contributed by atoms with Gasteiger partial charge in [-0.2, -0.15) is 0 Å². The first-order chi connectivity index (χ1) is 13.2. The molecule has 0 fully saturated rings. The van der Waals surface area contributed by atoms with Crippen LogP contribution in [0, 0.1) is 6.92 Å². The van der Waals surface area contributed by atoms with Crippen molar-refractivity contribution in [2.75, 3.05) is 0 Å². The van der Waals surface area contributed by atoms with Gasteiger partial charge in [0, 0.05) is 12.6 Å². The summed E-state index contributed by atoms with van der Waals surface area (Å²) in [7, 11) is 0. The van der Waals surface area contributed by atoms with Gasteiger partial charge >= 0.3 is 0 Å². The van der Waals surface area contributed by atoms with Gasteiger partial charge in [0.25, 0.3) is 0 Å². The first-order valence-corrected chi connectivity index (χ1v) is 9.73. The Kier molecular flexibility index (Phi) is 9.06. The summed E-state index contributed by atoms with van der Waals surface area (Å²) in [6, 6.07) is 28.0. The van der Waals surface area contributed by atoms with E-state index in [1.54, 1.807) is 0 Å². The lowest BCUT2D eigenvalue weighted by Crippen LogP contribution is -2.25. The van der Waals surface area contributed by atoms with Gasteiger partial charge in [-0.05, 0) is 55.5 Å². The van der Waals surface area contributed by atoms with Gasteiger partial charge in [-0.25, -0.2) is 0 Å². The first-order valence-electron chi connectivity index (χ1n) is 9.73. The van der Waals surface area contributed by atoms with Crippen LogP contribution in [0.3, 0.4) is 0 Å². The van der Waals surface area contributed by atoms with E-state index < -0.39 is 0 Å². The molecule has 0 heterocycles. The first kappa shape index (κ1) is 22.0. The van der Waals surface area contributed by atoms with Crippen molar-refractivity contribution < 1.29 is 4.74 Å². The average molecular weight is 396 g/mol. The van der Waals surface area contributed by atoms with Gasteiger partial charge in [0.05, 0.1) is 0 Å². The molecule has 0 saturated carbocycles. The Balaban J connectivity index is 0.00000280. The van der Waals surface area contributed by atoms with Crippen LogP contribution in [0.5, 0.6) is 5.75 Å². The van der Waals surface area contributed by atoms with Crippen molar-refractivity contribution in [2.45, 2.75) is 45.9 Å². The summed E-state index contributed by atoms with van der Waals surface area (Å²) in [6.07, 6.45) is 2.25. The average Bonchev–Trinajstić information content (AvgIpc) is 2.72. The molecule has 3 rings (SSSR count). The normalized spacial score (nSPS) is 11.5. The summed E-state index contributed by atoms with van der Waals surface area (Å²) >= 11 is 0. The maximum atomic E-state index is 5.88. The minimum atomic E-state index is 0. The van der Waals surface area contributed by atoms with Crippen LogP contribution >= 0.6 is 12.4 Å². The second-order valence-corrected chi connectivity index (χ2v) is 7.22. The molecule has 3 heteroatoms. The second-order valence-electron chi connectivity index (χ2n) is 7.22. The Morgan fingerprint density at radius 1 is 0.786 bits per heavy atom. The molecule has 1 unspecified atom stereocenters. The number of nitrogens with one attached hydrogen (secondary N) is 1. The largest absolute Gasteiger partial charge is 0.489 e. The summed E-state index contributed by atoms with van der Waals surface area (Å²) in [4.78, 5) is 0. The lowest BCUT2D eigenvalue weighted by Gasteiger charge is -2.14. The number of aryl methyl sites for hydroxylation is 2. The van der Waals surface area contributed by atoms with E-state index in [4.69, 9.17) is 4.74 Å². The van der Waals surface area contributed by atoms with Crippen LogP contribution in [-0.4, -0.2) is 6.04 Å². The molecule has 1 N–H and O–H groups in total. The standard InChI is InChI=1S/C25H29NO.ClH/c1-20-8-11-24(12-9-20)19-27-25-16-14-23(15-17-25)18-26-21(2)10-13-22-6-4-3-5-7-22;/h3-9,11-12,14-17,21,26H,10,13,18-19H2,1-2H3;1H. The number of rotatable bonds is 9. The predicted molar refractivity (Wildman–Crippen MR) is 120 cm³/mol. The zero-order chi connectivity index (χ0) is 18.9. The van der Waals surface area contributed by atoms with Gasteiger partial charge in [-0.1, -0.05) is 72.3 Å². The molecule has 0 aliphatic rings. The number of hydrogen-bond acceptors (Lipinski definition) is 2. The molecule has 0 saturated heterocycles. The predicted octanol–water partition coefficient (Wildman–Crippen LogP) is 6.11. The number of ether oxygens (including phenoxy) is 1. The van der Waals surface area contributed by atoms with Gasteiger partial charge in [-0.3, -0.25) is 0 Å². The highest BCUT2D eigenvalue weighted by molar-refractivity contribution is 5.85. The molecule has 0 amide bonds. The molecule has 0 aliphatic heterocycles. The van der Waals surface area contributed by atoms with Crippen molar-refractivity contribution in [1.29, 1.82) is 0 Å². The zero-order valence-electron chi connectivity index (χ0n) is 16.7. The Morgan fingerprint density at radius 3 is 2.11 bits per heavy atom. The van der Waals surface area contributed by atoms with Crippen molar-refractivity contribution in [3.8, 4) is 5.75 Å². The van der Waals surface area contributed by atoms with E-state index in [0.29, 0.717) is 12.6 Å². The molecule has 1 atom stereocenters. The van der Waals surface area contributed by atoms with E-state index in [2.05, 4.69) is 98.0 Å². The molecular weight excluding hydrogens is 366 g/mol. The Morgan fingerprint density at radius 2 is 1.43 bits per heavy atom. The minimum Gasteiger partial charge on any atom is -0.489 e. The van der Waals surface area contributed by atoms with Crippen LogP contribution in [0.15, 0.2) is 78.9 Å². The molecule has 2 nitrogen and oxygen atoms in total. The highest BCUT2D eigenvalue weighted by Gasteiger charge is 2.03. The number of hydrogen-bond donors (Lipinski definition) is 1. The topological polar surface area (TPSA) is 21.3 Å². The third kappa shape index (κ3) is 7.38. The fraction of sp³-hybridized carbons (Fsp3) is 0.280. The molecule has 0 aliphatic carbocycles. The van der Waals surface area contributed by atoms with Crippen LogP contribution in [0.4, 0.5) is 0 Å². The molecule has 0 spiro atoms. The SMILES string of the molecule is Cc1ccc(COc2ccc(CNC(C)CCc3ccccc3)cc2)cc1.Cl. The van der Waals surface area contributed by atoms with Gasteiger partial charge in [0.2, 0.25) is 0 Å². The van der Waals surface area contributed by atoms with E-state index in [-0.39, 0.29) is 12.4 Å². The van der Waals surface area contributed by atoms with Crippen LogP contribution in [0.1, 0.15) is 35.6 Å². The fourth-order valence-electron chi connectivity index (χ4n) is 2.98. The van der Waals surface area contributed by atoms with Crippen LogP contribution < -0.4 is 10.1 Å². The van der Waals surface area contributed by atoms with Crippen molar-refractivity contribution in [3.05, 3.63) is 101 Å². The van der Waals surface area contributed by atoms with Gasteiger partial charge < -0.3 is 10.1 Å². The highest BCUT2D eigenvalue weighted by atomic mass is 35.5. The maximum absolute atomic E-state index is 5.88. The number of benzene rings is 3. The third-order valence-corrected chi connectivity index (χ3v) is 4.81. The smallest absolute Gasteiger partial charge is 0.119 e. The van der Waals surface area contributed by atoms with E-state index in [0.717, 1.165) is 25.1 Å². The summed E-state index contributed by atoms with van der Waals surface area (Å²) < 4.78 is 5.88. The van der Waals surface area contributed by atoms with Crippen molar-refractivity contribution in [3.63, 3.8) is 0 Å². The quantitative estimate of drug-likeness (QED) is 0.472.